The van der Waals surface area contributed by atoms with E-state index in [1.54, 1.807) is 0 Å². The first-order valence-electron chi connectivity index (χ1n) is 7.11. The number of amides is 1. The molecule has 2 aromatic carbocycles. The fourth-order valence-corrected chi connectivity index (χ4v) is 2.35. The van der Waals surface area contributed by atoms with Crippen LogP contribution in [0.15, 0.2) is 65.7 Å². The predicted octanol–water partition coefficient (Wildman–Crippen LogP) is 3.21. The predicted molar refractivity (Wildman–Crippen MR) is 86.1 cm³/mol. The summed E-state index contributed by atoms with van der Waals surface area (Å²) < 4.78 is 0. The smallest absolute Gasteiger partial charge is 0.251 e. The molecule has 1 aliphatic rings. The van der Waals surface area contributed by atoms with Crippen LogP contribution in [0.1, 0.15) is 6.92 Å². The second-order valence-electron chi connectivity index (χ2n) is 5.20. The number of nitrogens with one attached hydrogen (secondary N) is 2. The molecule has 3 nitrogen and oxygen atoms in total. The van der Waals surface area contributed by atoms with E-state index in [0.717, 1.165) is 35.5 Å². The zero-order valence-electron chi connectivity index (χ0n) is 12.0. The van der Waals surface area contributed by atoms with Crippen molar-refractivity contribution in [1.82, 2.24) is 5.32 Å². The van der Waals surface area contributed by atoms with Gasteiger partial charge in [-0.1, -0.05) is 48.5 Å². The van der Waals surface area contributed by atoms with E-state index < -0.39 is 0 Å². The van der Waals surface area contributed by atoms with Crippen LogP contribution in [0.25, 0.3) is 11.1 Å². The fraction of sp³-hybridized carbons (Fsp3) is 0.167. The molecule has 1 amide bonds. The van der Waals surface area contributed by atoms with Crippen molar-refractivity contribution in [2.75, 3.05) is 18.4 Å². The van der Waals surface area contributed by atoms with E-state index in [0.29, 0.717) is 0 Å². The van der Waals surface area contributed by atoms with Crippen LogP contribution in [0, 0.1) is 0 Å². The highest BCUT2D eigenvalue weighted by Gasteiger charge is 2.17. The summed E-state index contributed by atoms with van der Waals surface area (Å²) in [5.41, 5.74) is 4.99. The standard InChI is InChI=1S/C18H18N2O/c1-13(15-11-19-12-15)18(21)20-17-10-6-5-9-16(17)14-7-3-2-4-8-14/h2-10,19H,11-12H2,1H3,(H,20,21). The van der Waals surface area contributed by atoms with Gasteiger partial charge in [0.05, 0.1) is 0 Å². The van der Waals surface area contributed by atoms with Crippen molar-refractivity contribution in [1.29, 1.82) is 0 Å². The van der Waals surface area contributed by atoms with Crippen LogP contribution in [0.3, 0.4) is 0 Å². The molecule has 0 unspecified atom stereocenters. The zero-order valence-corrected chi connectivity index (χ0v) is 12.0. The summed E-state index contributed by atoms with van der Waals surface area (Å²) in [5.74, 6) is -0.0186. The highest BCUT2D eigenvalue weighted by Crippen LogP contribution is 2.28. The van der Waals surface area contributed by atoms with E-state index >= 15 is 0 Å². The molecule has 1 heterocycles. The van der Waals surface area contributed by atoms with Crippen molar-refractivity contribution in [3.8, 4) is 11.1 Å². The lowest BCUT2D eigenvalue weighted by molar-refractivity contribution is -0.112. The van der Waals surface area contributed by atoms with Gasteiger partial charge in [0, 0.05) is 29.9 Å². The summed E-state index contributed by atoms with van der Waals surface area (Å²) in [4.78, 5) is 12.3. The molecule has 1 saturated heterocycles. The highest BCUT2D eigenvalue weighted by atomic mass is 16.1. The van der Waals surface area contributed by atoms with E-state index in [1.165, 1.54) is 5.57 Å². The van der Waals surface area contributed by atoms with Crippen LogP contribution in [0.4, 0.5) is 5.69 Å². The summed E-state index contributed by atoms with van der Waals surface area (Å²) in [5, 5.41) is 6.19. The van der Waals surface area contributed by atoms with Crippen molar-refractivity contribution in [3.05, 3.63) is 65.7 Å². The Bertz CT molecular complexity index is 683. The quantitative estimate of drug-likeness (QED) is 0.846. The first-order valence-corrected chi connectivity index (χ1v) is 7.11. The van der Waals surface area contributed by atoms with Gasteiger partial charge in [-0.3, -0.25) is 4.79 Å². The maximum atomic E-state index is 12.3. The van der Waals surface area contributed by atoms with Gasteiger partial charge in [0.2, 0.25) is 0 Å². The zero-order chi connectivity index (χ0) is 14.7. The molecule has 0 bridgehead atoms. The summed E-state index contributed by atoms with van der Waals surface area (Å²) in [6, 6.07) is 18.0. The lowest BCUT2D eigenvalue weighted by Gasteiger charge is -2.21. The van der Waals surface area contributed by atoms with Crippen LogP contribution >= 0.6 is 0 Å². The maximum absolute atomic E-state index is 12.3. The van der Waals surface area contributed by atoms with Crippen molar-refractivity contribution in [3.63, 3.8) is 0 Å². The minimum Gasteiger partial charge on any atom is -0.322 e. The van der Waals surface area contributed by atoms with Crippen molar-refractivity contribution in [2.45, 2.75) is 6.92 Å². The Labute approximate surface area is 124 Å². The molecule has 0 aliphatic carbocycles. The van der Waals surface area contributed by atoms with Crippen molar-refractivity contribution < 1.29 is 4.79 Å². The van der Waals surface area contributed by atoms with E-state index in [9.17, 15) is 4.79 Å². The van der Waals surface area contributed by atoms with Gasteiger partial charge in [-0.15, -0.1) is 0 Å². The van der Waals surface area contributed by atoms with Crippen molar-refractivity contribution >= 4 is 11.6 Å². The lowest BCUT2D eigenvalue weighted by atomic mass is 10.0. The molecule has 1 fully saturated rings. The number of hydrogen-bond donors (Lipinski definition) is 2. The summed E-state index contributed by atoms with van der Waals surface area (Å²) in [6.45, 7) is 3.52. The second kappa shape index (κ2) is 5.94. The molecular formula is C18H18N2O. The highest BCUT2D eigenvalue weighted by molar-refractivity contribution is 6.06. The third kappa shape index (κ3) is 2.88. The molecule has 0 aromatic heterocycles. The first kappa shape index (κ1) is 13.6. The summed E-state index contributed by atoms with van der Waals surface area (Å²) in [6.07, 6.45) is 0. The Morgan fingerprint density at radius 2 is 1.67 bits per heavy atom. The monoisotopic (exact) mass is 278 g/mol. The molecule has 2 N–H and O–H groups in total. The number of benzene rings is 2. The number of para-hydroxylation sites is 1. The number of carbonyl (C=O) groups excluding carboxylic acids is 1. The summed E-state index contributed by atoms with van der Waals surface area (Å²) >= 11 is 0. The maximum Gasteiger partial charge on any atom is 0.251 e. The normalized spacial score (nSPS) is 13.5. The van der Waals surface area contributed by atoms with Gasteiger partial charge in [-0.2, -0.15) is 0 Å². The van der Waals surface area contributed by atoms with Gasteiger partial charge in [0.25, 0.3) is 5.91 Å². The van der Waals surface area contributed by atoms with Gasteiger partial charge >= 0.3 is 0 Å². The molecule has 106 valence electrons. The SMILES string of the molecule is CC(C(=O)Nc1ccccc1-c1ccccc1)=C1CNC1. The molecular weight excluding hydrogens is 260 g/mol. The van der Waals surface area contributed by atoms with Crippen LogP contribution in [-0.4, -0.2) is 19.0 Å². The van der Waals surface area contributed by atoms with E-state index in [1.807, 2.05) is 61.5 Å². The molecule has 3 heteroatoms. The Hall–Kier alpha value is -2.39. The Morgan fingerprint density at radius 1 is 1.00 bits per heavy atom. The Kier molecular flexibility index (Phi) is 3.84. The molecule has 0 spiro atoms. The molecule has 1 aliphatic heterocycles. The Morgan fingerprint density at radius 3 is 2.33 bits per heavy atom. The van der Waals surface area contributed by atoms with E-state index in [2.05, 4.69) is 10.6 Å². The lowest BCUT2D eigenvalue weighted by Crippen LogP contribution is -2.36. The van der Waals surface area contributed by atoms with Gasteiger partial charge in [-0.25, -0.2) is 0 Å². The second-order valence-corrected chi connectivity index (χ2v) is 5.20. The molecule has 0 radical (unpaired) electrons. The third-order valence-electron chi connectivity index (χ3n) is 3.81. The van der Waals surface area contributed by atoms with Crippen LogP contribution in [-0.2, 0) is 4.79 Å². The number of anilines is 1. The molecule has 3 rings (SSSR count). The van der Waals surface area contributed by atoms with Crippen LogP contribution in [0.2, 0.25) is 0 Å². The number of carbonyl (C=O) groups is 1. The minimum atomic E-state index is -0.0186. The summed E-state index contributed by atoms with van der Waals surface area (Å²) in [7, 11) is 0. The first-order chi connectivity index (χ1) is 10.3. The van der Waals surface area contributed by atoms with Crippen LogP contribution < -0.4 is 10.6 Å². The topological polar surface area (TPSA) is 41.1 Å². The van der Waals surface area contributed by atoms with E-state index in [-0.39, 0.29) is 5.91 Å². The number of rotatable bonds is 3. The minimum absolute atomic E-state index is 0.0186. The molecule has 0 atom stereocenters. The Balaban J connectivity index is 1.88. The largest absolute Gasteiger partial charge is 0.322 e. The van der Waals surface area contributed by atoms with E-state index in [4.69, 9.17) is 0 Å². The van der Waals surface area contributed by atoms with Gasteiger partial charge in [0.15, 0.2) is 0 Å². The fourth-order valence-electron chi connectivity index (χ4n) is 2.35. The van der Waals surface area contributed by atoms with Crippen LogP contribution in [0.5, 0.6) is 0 Å². The van der Waals surface area contributed by atoms with Gasteiger partial charge < -0.3 is 10.6 Å². The number of hydrogen-bond acceptors (Lipinski definition) is 2. The van der Waals surface area contributed by atoms with Crippen molar-refractivity contribution in [2.24, 2.45) is 0 Å². The molecule has 21 heavy (non-hydrogen) atoms. The molecule has 2 aromatic rings. The molecule has 0 saturated carbocycles. The average molecular weight is 278 g/mol. The van der Waals surface area contributed by atoms with Gasteiger partial charge in [0.1, 0.15) is 0 Å². The third-order valence-corrected chi connectivity index (χ3v) is 3.81. The van der Waals surface area contributed by atoms with Gasteiger partial charge in [-0.05, 0) is 24.1 Å². The average Bonchev–Trinajstić information content (AvgIpc) is 2.47.